The molecule has 0 N–H and O–H groups in total. The number of carbonyl (C=O) groups excluding carboxylic acids is 2. The molecule has 2 aliphatic rings. The van der Waals surface area contributed by atoms with Crippen molar-refractivity contribution in [3.63, 3.8) is 0 Å². The summed E-state index contributed by atoms with van der Waals surface area (Å²) in [5.74, 6) is 0.355. The zero-order chi connectivity index (χ0) is 18.6. The molecule has 0 saturated carbocycles. The first-order valence-electron chi connectivity index (χ1n) is 9.66. The first-order valence-corrected chi connectivity index (χ1v) is 9.66. The highest BCUT2D eigenvalue weighted by Crippen LogP contribution is 2.40. The smallest absolute Gasteiger partial charge is 0.251 e. The van der Waals surface area contributed by atoms with Crippen molar-refractivity contribution in [3.8, 4) is 0 Å². The number of likely N-dealkylation sites (tertiary alicyclic amines) is 2. The lowest BCUT2D eigenvalue weighted by Crippen LogP contribution is -2.53. The van der Waals surface area contributed by atoms with Crippen molar-refractivity contribution in [1.82, 2.24) is 9.80 Å². The monoisotopic (exact) mass is 358 g/mol. The first kappa shape index (κ1) is 18.9. The molecule has 2 saturated heterocycles. The minimum atomic E-state index is -0.376. The standard InChI is InChI=1S/C21H30N2O3/c1-17(26-2)20(25)22-14-11-21(12-15-22)10-8-19(24)23(16-21)13-9-18-6-4-3-5-7-18/h3-7,17H,8-16H2,1-2H3/t17-/m1/s1. The third kappa shape index (κ3) is 4.26. The fourth-order valence-corrected chi connectivity index (χ4v) is 4.18. The maximum atomic E-state index is 12.4. The quantitative estimate of drug-likeness (QED) is 0.813. The summed E-state index contributed by atoms with van der Waals surface area (Å²) < 4.78 is 5.16. The molecule has 26 heavy (non-hydrogen) atoms. The van der Waals surface area contributed by atoms with Crippen molar-refractivity contribution in [3.05, 3.63) is 35.9 Å². The van der Waals surface area contributed by atoms with Crippen LogP contribution in [0, 0.1) is 5.41 Å². The second-order valence-electron chi connectivity index (χ2n) is 7.75. The average Bonchev–Trinajstić information content (AvgIpc) is 2.69. The van der Waals surface area contributed by atoms with Gasteiger partial charge in [-0.25, -0.2) is 0 Å². The summed E-state index contributed by atoms with van der Waals surface area (Å²) in [6.45, 7) is 4.96. The number of rotatable bonds is 5. The molecule has 1 spiro atoms. The Morgan fingerprint density at radius 1 is 1.19 bits per heavy atom. The lowest BCUT2D eigenvalue weighted by Gasteiger charge is -2.47. The summed E-state index contributed by atoms with van der Waals surface area (Å²) in [7, 11) is 1.57. The van der Waals surface area contributed by atoms with Crippen LogP contribution < -0.4 is 0 Å². The summed E-state index contributed by atoms with van der Waals surface area (Å²) in [5, 5.41) is 0. The van der Waals surface area contributed by atoms with Gasteiger partial charge < -0.3 is 14.5 Å². The molecule has 1 atom stereocenters. The Labute approximate surface area is 156 Å². The maximum absolute atomic E-state index is 12.4. The molecule has 142 valence electrons. The number of hydrogen-bond acceptors (Lipinski definition) is 3. The van der Waals surface area contributed by atoms with Crippen molar-refractivity contribution in [2.75, 3.05) is 33.3 Å². The molecule has 5 heteroatoms. The molecule has 5 nitrogen and oxygen atoms in total. The summed E-state index contributed by atoms with van der Waals surface area (Å²) in [6, 6.07) is 10.3. The molecule has 1 aromatic carbocycles. The number of carbonyl (C=O) groups is 2. The second kappa shape index (κ2) is 8.21. The molecule has 2 heterocycles. The van der Waals surface area contributed by atoms with Crippen molar-refractivity contribution in [2.24, 2.45) is 5.41 Å². The SMILES string of the molecule is CO[C@H](C)C(=O)N1CCC2(CCC(=O)N(CCc3ccccc3)C2)CC1. The van der Waals surface area contributed by atoms with E-state index in [1.165, 1.54) is 5.56 Å². The highest BCUT2D eigenvalue weighted by Gasteiger charge is 2.41. The average molecular weight is 358 g/mol. The van der Waals surface area contributed by atoms with Crippen molar-refractivity contribution in [1.29, 1.82) is 0 Å². The van der Waals surface area contributed by atoms with E-state index in [-0.39, 0.29) is 23.3 Å². The number of methoxy groups -OCH3 is 1. The summed E-state index contributed by atoms with van der Waals surface area (Å²) >= 11 is 0. The van der Waals surface area contributed by atoms with E-state index >= 15 is 0 Å². The van der Waals surface area contributed by atoms with Crippen molar-refractivity contribution < 1.29 is 14.3 Å². The molecule has 2 aliphatic heterocycles. The predicted molar refractivity (Wildman–Crippen MR) is 101 cm³/mol. The van der Waals surface area contributed by atoms with Crippen LogP contribution in [0.5, 0.6) is 0 Å². The molecule has 0 radical (unpaired) electrons. The molecule has 0 aromatic heterocycles. The Morgan fingerprint density at radius 2 is 1.88 bits per heavy atom. The third-order valence-corrected chi connectivity index (χ3v) is 6.10. The largest absolute Gasteiger partial charge is 0.372 e. The predicted octanol–water partition coefficient (Wildman–Crippen LogP) is 2.50. The first-order chi connectivity index (χ1) is 12.5. The Balaban J connectivity index is 1.56. The van der Waals surface area contributed by atoms with Crippen LogP contribution in [0.4, 0.5) is 0 Å². The molecule has 2 amide bonds. The van der Waals surface area contributed by atoms with Crippen molar-refractivity contribution in [2.45, 2.75) is 45.1 Å². The van der Waals surface area contributed by atoms with Crippen molar-refractivity contribution >= 4 is 11.8 Å². The number of ether oxygens (including phenoxy) is 1. The van der Waals surface area contributed by atoms with Gasteiger partial charge in [-0.05, 0) is 43.6 Å². The fraction of sp³-hybridized carbons (Fsp3) is 0.619. The topological polar surface area (TPSA) is 49.9 Å². The number of piperidine rings is 2. The van der Waals surface area contributed by atoms with Gasteiger partial charge in [0, 0.05) is 39.7 Å². The Morgan fingerprint density at radius 3 is 2.54 bits per heavy atom. The molecule has 0 unspecified atom stereocenters. The van der Waals surface area contributed by atoms with Gasteiger partial charge in [-0.3, -0.25) is 9.59 Å². The van der Waals surface area contributed by atoms with Gasteiger partial charge in [0.15, 0.2) is 0 Å². The molecule has 2 fully saturated rings. The van der Waals surface area contributed by atoms with E-state index in [1.54, 1.807) is 14.0 Å². The van der Waals surface area contributed by atoms with Crippen LogP contribution in [0.3, 0.4) is 0 Å². The van der Waals surface area contributed by atoms with Crippen LogP contribution in [0.1, 0.15) is 38.2 Å². The second-order valence-corrected chi connectivity index (χ2v) is 7.75. The van der Waals surface area contributed by atoms with Gasteiger partial charge in [0.05, 0.1) is 0 Å². The zero-order valence-corrected chi connectivity index (χ0v) is 15.9. The normalized spacial score (nSPS) is 21.1. The van der Waals surface area contributed by atoms with E-state index in [1.807, 2.05) is 28.0 Å². The molecular formula is C21H30N2O3. The maximum Gasteiger partial charge on any atom is 0.251 e. The molecule has 0 bridgehead atoms. The van der Waals surface area contributed by atoms with Crippen LogP contribution >= 0.6 is 0 Å². The summed E-state index contributed by atoms with van der Waals surface area (Å²) in [4.78, 5) is 28.7. The number of benzene rings is 1. The third-order valence-electron chi connectivity index (χ3n) is 6.10. The van der Waals surface area contributed by atoms with E-state index in [0.717, 1.165) is 51.9 Å². The fourth-order valence-electron chi connectivity index (χ4n) is 4.18. The van der Waals surface area contributed by atoms with Gasteiger partial charge in [-0.1, -0.05) is 30.3 Å². The number of nitrogens with zero attached hydrogens (tertiary/aromatic N) is 2. The van der Waals surface area contributed by atoms with E-state index in [4.69, 9.17) is 4.74 Å². The lowest BCUT2D eigenvalue weighted by molar-refractivity contribution is -0.147. The molecule has 1 aromatic rings. The highest BCUT2D eigenvalue weighted by molar-refractivity contribution is 5.80. The Bertz CT molecular complexity index is 623. The minimum Gasteiger partial charge on any atom is -0.372 e. The van der Waals surface area contributed by atoms with E-state index < -0.39 is 0 Å². The van der Waals surface area contributed by atoms with Crippen LogP contribution in [0.15, 0.2) is 30.3 Å². The lowest BCUT2D eigenvalue weighted by atomic mass is 9.72. The molecular weight excluding hydrogens is 328 g/mol. The highest BCUT2D eigenvalue weighted by atomic mass is 16.5. The van der Waals surface area contributed by atoms with Crippen LogP contribution in [-0.4, -0.2) is 61.0 Å². The van der Waals surface area contributed by atoms with E-state index in [9.17, 15) is 9.59 Å². The molecule has 0 aliphatic carbocycles. The Hall–Kier alpha value is -1.88. The van der Waals surface area contributed by atoms with Gasteiger partial charge in [0.2, 0.25) is 5.91 Å². The van der Waals surface area contributed by atoms with Gasteiger partial charge >= 0.3 is 0 Å². The van der Waals surface area contributed by atoms with Crippen LogP contribution in [-0.2, 0) is 20.7 Å². The Kier molecular flexibility index (Phi) is 5.97. The van der Waals surface area contributed by atoms with Gasteiger partial charge in [0.25, 0.3) is 5.91 Å². The van der Waals surface area contributed by atoms with Gasteiger partial charge in [-0.15, -0.1) is 0 Å². The summed E-state index contributed by atoms with van der Waals surface area (Å²) in [6.07, 6.45) is 4.07. The van der Waals surface area contributed by atoms with E-state index in [2.05, 4.69) is 12.1 Å². The van der Waals surface area contributed by atoms with Crippen LogP contribution in [0.2, 0.25) is 0 Å². The molecule has 3 rings (SSSR count). The minimum absolute atomic E-state index is 0.0789. The zero-order valence-electron chi connectivity index (χ0n) is 15.9. The van der Waals surface area contributed by atoms with Gasteiger partial charge in [-0.2, -0.15) is 0 Å². The summed E-state index contributed by atoms with van der Waals surface area (Å²) in [5.41, 5.74) is 1.45. The van der Waals surface area contributed by atoms with Crippen LogP contribution in [0.25, 0.3) is 0 Å². The van der Waals surface area contributed by atoms with E-state index in [0.29, 0.717) is 6.42 Å². The number of hydrogen-bond donors (Lipinski definition) is 0. The number of amides is 2. The van der Waals surface area contributed by atoms with Gasteiger partial charge in [0.1, 0.15) is 6.10 Å².